The topological polar surface area (TPSA) is 119 Å². The van der Waals surface area contributed by atoms with Crippen molar-refractivity contribution in [3.63, 3.8) is 0 Å². The average Bonchev–Trinajstić information content (AvgIpc) is 3.80. The summed E-state index contributed by atoms with van der Waals surface area (Å²) in [6, 6.07) is 11.1. The smallest absolute Gasteiger partial charge is 0.256 e. The van der Waals surface area contributed by atoms with Crippen molar-refractivity contribution < 1.29 is 42.8 Å². The molecule has 1 saturated heterocycles. The normalized spacial score (nSPS) is 17.8. The highest BCUT2D eigenvalue weighted by Gasteiger charge is 2.32. The van der Waals surface area contributed by atoms with Gasteiger partial charge in [-0.1, -0.05) is 0 Å². The predicted molar refractivity (Wildman–Crippen MR) is 175 cm³/mol. The molecule has 248 valence electrons. The SMILES string of the molecule is COc1cc2c(cc1OCCCOc1cc(C3C=CNO3)cc(-c3ccc(OC)c(OC)c3OC)c1OC)N=C[C@@H]1CCCN1C2=O. The molecule has 0 aliphatic carbocycles. The van der Waals surface area contributed by atoms with Crippen LogP contribution in [-0.4, -0.2) is 78.4 Å². The van der Waals surface area contributed by atoms with Gasteiger partial charge in [0.25, 0.3) is 5.91 Å². The van der Waals surface area contributed by atoms with E-state index in [9.17, 15) is 4.79 Å². The zero-order chi connectivity index (χ0) is 32.9. The second kappa shape index (κ2) is 14.1. The molecule has 0 bridgehead atoms. The number of amides is 1. The van der Waals surface area contributed by atoms with Crippen LogP contribution in [-0.2, 0) is 4.84 Å². The van der Waals surface area contributed by atoms with Crippen LogP contribution < -0.4 is 38.6 Å². The summed E-state index contributed by atoms with van der Waals surface area (Å²) in [5.74, 6) is 3.49. The van der Waals surface area contributed by atoms with E-state index < -0.39 is 0 Å². The summed E-state index contributed by atoms with van der Waals surface area (Å²) in [5.41, 5.74) is 6.17. The molecule has 3 aliphatic rings. The lowest BCUT2D eigenvalue weighted by Crippen LogP contribution is -2.35. The monoisotopic (exact) mass is 645 g/mol. The van der Waals surface area contributed by atoms with E-state index >= 15 is 0 Å². The van der Waals surface area contributed by atoms with Crippen LogP contribution in [0.1, 0.15) is 41.3 Å². The molecular weight excluding hydrogens is 606 g/mol. The van der Waals surface area contributed by atoms with Gasteiger partial charge in [0, 0.05) is 42.6 Å². The van der Waals surface area contributed by atoms with Gasteiger partial charge < -0.3 is 38.1 Å². The van der Waals surface area contributed by atoms with Crippen LogP contribution in [0.2, 0.25) is 0 Å². The van der Waals surface area contributed by atoms with Crippen molar-refractivity contribution in [1.82, 2.24) is 10.4 Å². The molecule has 3 aliphatic heterocycles. The van der Waals surface area contributed by atoms with Crippen molar-refractivity contribution in [3.8, 4) is 51.4 Å². The highest BCUT2D eigenvalue weighted by molar-refractivity contribution is 6.03. The number of nitrogens with one attached hydrogen (secondary N) is 1. The fourth-order valence-electron chi connectivity index (χ4n) is 6.12. The number of hydrogen-bond donors (Lipinski definition) is 1. The molecule has 0 spiro atoms. The highest BCUT2D eigenvalue weighted by Crippen LogP contribution is 2.50. The Morgan fingerprint density at radius 1 is 0.809 bits per heavy atom. The van der Waals surface area contributed by atoms with Gasteiger partial charge in [0.15, 0.2) is 34.5 Å². The molecule has 47 heavy (non-hydrogen) atoms. The molecule has 6 rings (SSSR count). The van der Waals surface area contributed by atoms with Crippen LogP contribution in [0.5, 0.6) is 40.2 Å². The van der Waals surface area contributed by atoms with E-state index in [4.69, 9.17) is 38.0 Å². The van der Waals surface area contributed by atoms with Crippen molar-refractivity contribution in [2.75, 3.05) is 55.3 Å². The van der Waals surface area contributed by atoms with E-state index in [0.717, 1.165) is 36.1 Å². The molecule has 3 aromatic carbocycles. The first-order valence-corrected chi connectivity index (χ1v) is 15.4. The molecule has 1 amide bonds. The largest absolute Gasteiger partial charge is 0.493 e. The molecule has 0 saturated carbocycles. The van der Waals surface area contributed by atoms with E-state index in [2.05, 4.69) is 10.5 Å². The second-order valence-electron chi connectivity index (χ2n) is 11.1. The molecule has 1 unspecified atom stereocenters. The van der Waals surface area contributed by atoms with Crippen molar-refractivity contribution in [2.24, 2.45) is 4.99 Å². The number of aliphatic imine (C=N–C) groups is 1. The molecule has 1 fully saturated rings. The summed E-state index contributed by atoms with van der Waals surface area (Å²) in [5, 5.41) is 0. The Bertz CT molecular complexity index is 1690. The lowest BCUT2D eigenvalue weighted by molar-refractivity contribution is 0.0468. The number of rotatable bonds is 13. The highest BCUT2D eigenvalue weighted by atomic mass is 16.7. The lowest BCUT2D eigenvalue weighted by atomic mass is 9.97. The van der Waals surface area contributed by atoms with Crippen molar-refractivity contribution >= 4 is 17.8 Å². The zero-order valence-electron chi connectivity index (χ0n) is 27.2. The Labute approximate surface area is 273 Å². The van der Waals surface area contributed by atoms with Gasteiger partial charge in [0.05, 0.1) is 66.1 Å². The molecule has 12 heteroatoms. The molecule has 3 heterocycles. The maximum absolute atomic E-state index is 13.2. The van der Waals surface area contributed by atoms with Gasteiger partial charge >= 0.3 is 0 Å². The first kappa shape index (κ1) is 31.9. The minimum Gasteiger partial charge on any atom is -0.493 e. The van der Waals surface area contributed by atoms with Crippen molar-refractivity contribution in [2.45, 2.75) is 31.4 Å². The third-order valence-electron chi connectivity index (χ3n) is 8.40. The second-order valence-corrected chi connectivity index (χ2v) is 11.1. The fraction of sp³-hybridized carbons (Fsp3) is 0.371. The summed E-state index contributed by atoms with van der Waals surface area (Å²) in [7, 11) is 7.87. The lowest BCUT2D eigenvalue weighted by Gasteiger charge is -2.21. The number of hydrogen-bond acceptors (Lipinski definition) is 11. The summed E-state index contributed by atoms with van der Waals surface area (Å²) >= 11 is 0. The minimum absolute atomic E-state index is 0.0266. The Morgan fingerprint density at radius 3 is 2.28 bits per heavy atom. The van der Waals surface area contributed by atoms with E-state index in [0.29, 0.717) is 71.1 Å². The van der Waals surface area contributed by atoms with E-state index in [1.54, 1.807) is 53.9 Å². The quantitative estimate of drug-likeness (QED) is 0.234. The third kappa shape index (κ3) is 6.20. The molecular formula is C35H39N3O9. The Hall–Kier alpha value is -5.10. The minimum atomic E-state index is -0.344. The average molecular weight is 646 g/mol. The first-order valence-electron chi connectivity index (χ1n) is 15.4. The van der Waals surface area contributed by atoms with Crippen LogP contribution in [0, 0.1) is 0 Å². The van der Waals surface area contributed by atoms with Crippen LogP contribution >= 0.6 is 0 Å². The molecule has 3 aromatic rings. The predicted octanol–water partition coefficient (Wildman–Crippen LogP) is 5.65. The van der Waals surface area contributed by atoms with Gasteiger partial charge in [0.1, 0.15) is 6.10 Å². The standard InChI is InChI=1S/C35H39N3O9/c1-40-28-10-9-23(33(43-4)34(28)44-5)24-16-21(27-11-12-37-47-27)17-31(32(24)42-3)46-15-7-14-45-30-19-26-25(18-29(30)41-2)35(39)38-13-6-8-22(38)20-36-26/h9-12,16-20,22,27,37H,6-8,13-15H2,1-5H3/t22-,27?/m0/s1. The zero-order valence-corrected chi connectivity index (χ0v) is 27.2. The number of ether oxygens (including phenoxy) is 7. The number of nitrogens with zero attached hydrogens (tertiary/aromatic N) is 2. The molecule has 1 N–H and O–H groups in total. The third-order valence-corrected chi connectivity index (χ3v) is 8.40. The van der Waals surface area contributed by atoms with E-state index in [-0.39, 0.29) is 18.1 Å². The van der Waals surface area contributed by atoms with Gasteiger partial charge in [0.2, 0.25) is 5.75 Å². The van der Waals surface area contributed by atoms with Crippen LogP contribution in [0.3, 0.4) is 0 Å². The number of hydroxylamine groups is 1. The van der Waals surface area contributed by atoms with Gasteiger partial charge in [-0.15, -0.1) is 0 Å². The first-order chi connectivity index (χ1) is 23.0. The molecule has 0 aromatic heterocycles. The number of fused-ring (bicyclic) bond motifs is 2. The van der Waals surface area contributed by atoms with Crippen LogP contribution in [0.25, 0.3) is 11.1 Å². The van der Waals surface area contributed by atoms with Crippen LogP contribution in [0.4, 0.5) is 5.69 Å². The number of carbonyl (C=O) groups excluding carboxylic acids is 1. The number of methoxy groups -OCH3 is 5. The van der Waals surface area contributed by atoms with Gasteiger partial charge in [-0.2, -0.15) is 0 Å². The summed E-state index contributed by atoms with van der Waals surface area (Å²) in [4.78, 5) is 25.4. The van der Waals surface area contributed by atoms with Crippen LogP contribution in [0.15, 0.2) is 53.7 Å². The number of carbonyl (C=O) groups is 1. The Morgan fingerprint density at radius 2 is 1.57 bits per heavy atom. The molecule has 12 nitrogen and oxygen atoms in total. The summed E-state index contributed by atoms with van der Waals surface area (Å²) < 4.78 is 40.9. The van der Waals surface area contributed by atoms with Gasteiger partial charge in [-0.05, 0) is 54.8 Å². The maximum Gasteiger partial charge on any atom is 0.256 e. The molecule has 2 atom stereocenters. The van der Waals surface area contributed by atoms with Crippen molar-refractivity contribution in [3.05, 3.63) is 59.8 Å². The summed E-state index contributed by atoms with van der Waals surface area (Å²) in [6.07, 6.45) is 7.60. The number of benzene rings is 3. The van der Waals surface area contributed by atoms with Gasteiger partial charge in [-0.25, -0.2) is 0 Å². The fourth-order valence-corrected chi connectivity index (χ4v) is 6.12. The Balaban J connectivity index is 1.22. The molecule has 0 radical (unpaired) electrons. The van der Waals surface area contributed by atoms with Crippen molar-refractivity contribution in [1.29, 1.82) is 0 Å². The van der Waals surface area contributed by atoms with Gasteiger partial charge in [-0.3, -0.25) is 20.1 Å². The maximum atomic E-state index is 13.2. The van der Waals surface area contributed by atoms with E-state index in [1.807, 2.05) is 41.5 Å². The van der Waals surface area contributed by atoms with E-state index in [1.165, 1.54) is 0 Å². The Kier molecular flexibility index (Phi) is 9.58. The summed E-state index contributed by atoms with van der Waals surface area (Å²) in [6.45, 7) is 1.38.